The molecule has 2 nitrogen and oxygen atoms in total. The van der Waals surface area contributed by atoms with Crippen LogP contribution in [0.2, 0.25) is 0 Å². The van der Waals surface area contributed by atoms with Crippen LogP contribution in [0.5, 0.6) is 0 Å². The summed E-state index contributed by atoms with van der Waals surface area (Å²) in [4.78, 5) is 12.1. The van der Waals surface area contributed by atoms with Crippen LogP contribution in [0.15, 0.2) is 53.3 Å². The molecule has 0 radical (unpaired) electrons. The molecule has 1 aromatic rings. The highest BCUT2D eigenvalue weighted by Gasteiger charge is 2.44. The van der Waals surface area contributed by atoms with Crippen molar-refractivity contribution >= 4 is 17.4 Å². The first-order valence-corrected chi connectivity index (χ1v) is 5.63. The van der Waals surface area contributed by atoms with E-state index >= 15 is 0 Å². The van der Waals surface area contributed by atoms with E-state index in [0.717, 1.165) is 12.2 Å². The Balaban J connectivity index is 2.43. The second-order valence-electron chi connectivity index (χ2n) is 4.02. The number of carbonyl (C=O) groups is 1. The number of alkyl halides is 1. The molecule has 0 spiro atoms. The molecule has 94 valence electrons. The molecule has 1 aromatic carbocycles. The van der Waals surface area contributed by atoms with Crippen LogP contribution in [0.3, 0.4) is 0 Å². The van der Waals surface area contributed by atoms with Gasteiger partial charge in [-0.3, -0.25) is 10.5 Å². The summed E-state index contributed by atoms with van der Waals surface area (Å²) < 4.78 is 27.9. The van der Waals surface area contributed by atoms with Crippen molar-refractivity contribution in [1.29, 1.82) is 0 Å². The zero-order valence-corrected chi connectivity index (χ0v) is 9.99. The van der Waals surface area contributed by atoms with E-state index in [1.54, 1.807) is 18.2 Å². The standard InChI is InChI=1S/C13H10ClF2NO/c14-9-6-7-13(16,17)10(11(9)15)12(18)8-4-2-1-3-5-8/h1-7,10H,17H2. The minimum absolute atomic E-state index is 0.185. The zero-order chi connectivity index (χ0) is 13.3. The van der Waals surface area contributed by atoms with Gasteiger partial charge in [0.25, 0.3) is 0 Å². The highest BCUT2D eigenvalue weighted by Crippen LogP contribution is 2.37. The number of hydrogen-bond acceptors (Lipinski definition) is 2. The summed E-state index contributed by atoms with van der Waals surface area (Å²) in [6.45, 7) is 0. The van der Waals surface area contributed by atoms with Crippen LogP contribution in [0, 0.1) is 5.92 Å². The van der Waals surface area contributed by atoms with E-state index in [4.69, 9.17) is 17.3 Å². The normalized spacial score (nSPS) is 27.4. The molecule has 2 atom stereocenters. The number of rotatable bonds is 2. The number of Topliss-reactive ketones (excluding diaryl/α,β-unsaturated/α-hetero) is 1. The summed E-state index contributed by atoms with van der Waals surface area (Å²) in [5.74, 6) is -6.09. The summed E-state index contributed by atoms with van der Waals surface area (Å²) >= 11 is 5.56. The predicted molar refractivity (Wildman–Crippen MR) is 65.4 cm³/mol. The van der Waals surface area contributed by atoms with Gasteiger partial charge in [0, 0.05) is 5.56 Å². The molecule has 0 aromatic heterocycles. The van der Waals surface area contributed by atoms with Crippen molar-refractivity contribution in [3.63, 3.8) is 0 Å². The first kappa shape index (κ1) is 12.9. The quantitative estimate of drug-likeness (QED) is 0.662. The Bertz CT molecular complexity index is 537. The fraction of sp³-hybridized carbons (Fsp3) is 0.154. The van der Waals surface area contributed by atoms with Gasteiger partial charge in [-0.25, -0.2) is 8.78 Å². The van der Waals surface area contributed by atoms with E-state index in [0.29, 0.717) is 0 Å². The maximum atomic E-state index is 14.0. The highest BCUT2D eigenvalue weighted by molar-refractivity contribution is 6.31. The van der Waals surface area contributed by atoms with E-state index in [-0.39, 0.29) is 10.6 Å². The fourth-order valence-corrected chi connectivity index (χ4v) is 1.97. The molecular formula is C13H10ClF2NO. The Labute approximate surface area is 108 Å². The molecule has 18 heavy (non-hydrogen) atoms. The van der Waals surface area contributed by atoms with Crippen LogP contribution in [-0.2, 0) is 0 Å². The van der Waals surface area contributed by atoms with Gasteiger partial charge in [-0.15, -0.1) is 0 Å². The number of halogens is 3. The summed E-state index contributed by atoms with van der Waals surface area (Å²) in [6, 6.07) is 7.84. The Hall–Kier alpha value is -1.52. The lowest BCUT2D eigenvalue weighted by atomic mass is 9.85. The predicted octanol–water partition coefficient (Wildman–Crippen LogP) is 3.10. The SMILES string of the molecule is NC1(F)C=CC(Cl)=C(F)C1C(=O)c1ccccc1. The van der Waals surface area contributed by atoms with E-state index in [2.05, 4.69) is 0 Å². The van der Waals surface area contributed by atoms with Crippen molar-refractivity contribution < 1.29 is 13.6 Å². The Morgan fingerprint density at radius 3 is 2.56 bits per heavy atom. The van der Waals surface area contributed by atoms with Crippen molar-refractivity contribution in [2.24, 2.45) is 11.7 Å². The number of ketones is 1. The van der Waals surface area contributed by atoms with E-state index < -0.39 is 23.3 Å². The molecule has 0 saturated heterocycles. The number of carbonyl (C=O) groups excluding carboxylic acids is 1. The molecule has 0 saturated carbocycles. The molecule has 2 N–H and O–H groups in total. The van der Waals surface area contributed by atoms with Crippen molar-refractivity contribution in [3.05, 3.63) is 58.9 Å². The third-order valence-corrected chi connectivity index (χ3v) is 3.04. The van der Waals surface area contributed by atoms with Crippen LogP contribution >= 0.6 is 11.6 Å². The van der Waals surface area contributed by atoms with E-state index in [9.17, 15) is 13.6 Å². The van der Waals surface area contributed by atoms with E-state index in [1.165, 1.54) is 12.1 Å². The monoisotopic (exact) mass is 269 g/mol. The highest BCUT2D eigenvalue weighted by atomic mass is 35.5. The lowest BCUT2D eigenvalue weighted by molar-refractivity contribution is 0.0753. The van der Waals surface area contributed by atoms with Gasteiger partial charge in [-0.1, -0.05) is 41.9 Å². The zero-order valence-electron chi connectivity index (χ0n) is 9.24. The molecule has 0 aliphatic heterocycles. The van der Waals surface area contributed by atoms with Gasteiger partial charge < -0.3 is 0 Å². The Kier molecular flexibility index (Phi) is 3.32. The third-order valence-electron chi connectivity index (χ3n) is 2.73. The topological polar surface area (TPSA) is 43.1 Å². The summed E-state index contributed by atoms with van der Waals surface area (Å²) in [6.07, 6.45) is 1.91. The average Bonchev–Trinajstić information content (AvgIpc) is 2.35. The molecule has 0 bridgehead atoms. The van der Waals surface area contributed by atoms with Crippen molar-refractivity contribution in [2.45, 2.75) is 5.79 Å². The van der Waals surface area contributed by atoms with Crippen LogP contribution in [0.4, 0.5) is 8.78 Å². The maximum absolute atomic E-state index is 14.0. The maximum Gasteiger partial charge on any atom is 0.194 e. The largest absolute Gasteiger partial charge is 0.295 e. The van der Waals surface area contributed by atoms with Gasteiger partial charge in [-0.2, -0.15) is 0 Å². The molecule has 5 heteroatoms. The first-order chi connectivity index (χ1) is 8.43. The third kappa shape index (κ3) is 2.21. The Morgan fingerprint density at radius 1 is 1.33 bits per heavy atom. The van der Waals surface area contributed by atoms with Crippen LogP contribution in [-0.4, -0.2) is 11.6 Å². The molecular weight excluding hydrogens is 260 g/mol. The lowest BCUT2D eigenvalue weighted by Gasteiger charge is -2.28. The van der Waals surface area contributed by atoms with Crippen molar-refractivity contribution in [2.75, 3.05) is 0 Å². The van der Waals surface area contributed by atoms with Gasteiger partial charge in [0.15, 0.2) is 11.6 Å². The lowest BCUT2D eigenvalue weighted by Crippen LogP contribution is -2.46. The van der Waals surface area contributed by atoms with Gasteiger partial charge in [-0.05, 0) is 12.2 Å². The van der Waals surface area contributed by atoms with Gasteiger partial charge in [0.2, 0.25) is 0 Å². The van der Waals surface area contributed by atoms with Crippen LogP contribution < -0.4 is 5.73 Å². The van der Waals surface area contributed by atoms with Crippen LogP contribution in [0.25, 0.3) is 0 Å². The summed E-state index contributed by atoms with van der Waals surface area (Å²) in [5.41, 5.74) is 5.49. The number of allylic oxidation sites excluding steroid dienone is 2. The average molecular weight is 270 g/mol. The minimum Gasteiger partial charge on any atom is -0.295 e. The summed E-state index contributed by atoms with van der Waals surface area (Å²) in [7, 11) is 0. The minimum atomic E-state index is -2.57. The van der Waals surface area contributed by atoms with Gasteiger partial charge >= 0.3 is 0 Å². The van der Waals surface area contributed by atoms with Crippen molar-refractivity contribution in [3.8, 4) is 0 Å². The smallest absolute Gasteiger partial charge is 0.194 e. The molecule has 1 aliphatic rings. The molecule has 2 unspecified atom stereocenters. The number of benzene rings is 1. The molecule has 0 amide bonds. The molecule has 1 aliphatic carbocycles. The number of nitrogens with two attached hydrogens (primary N) is 1. The molecule has 0 fully saturated rings. The second-order valence-corrected chi connectivity index (χ2v) is 4.43. The second kappa shape index (κ2) is 4.63. The van der Waals surface area contributed by atoms with Gasteiger partial charge in [0.05, 0.1) is 5.03 Å². The molecule has 0 heterocycles. The first-order valence-electron chi connectivity index (χ1n) is 5.25. The Morgan fingerprint density at radius 2 is 1.94 bits per heavy atom. The molecule has 2 rings (SSSR count). The van der Waals surface area contributed by atoms with Gasteiger partial charge in [0.1, 0.15) is 11.7 Å². The van der Waals surface area contributed by atoms with Crippen LogP contribution in [0.1, 0.15) is 10.4 Å². The van der Waals surface area contributed by atoms with Crippen molar-refractivity contribution in [1.82, 2.24) is 0 Å². The fourth-order valence-electron chi connectivity index (χ4n) is 1.79. The van der Waals surface area contributed by atoms with E-state index in [1.807, 2.05) is 0 Å². The number of hydrogen-bond donors (Lipinski definition) is 1. The summed E-state index contributed by atoms with van der Waals surface area (Å²) in [5, 5.41) is -0.303.